The van der Waals surface area contributed by atoms with Gasteiger partial charge in [-0.3, -0.25) is 4.79 Å². The molecule has 0 radical (unpaired) electrons. The Kier molecular flexibility index (Phi) is 14.8. The van der Waals surface area contributed by atoms with Gasteiger partial charge in [-0.15, -0.1) is 0 Å². The van der Waals surface area contributed by atoms with E-state index in [2.05, 4.69) is 27.7 Å². The Labute approximate surface area is 176 Å². The van der Waals surface area contributed by atoms with E-state index in [0.717, 1.165) is 12.8 Å². The zero-order valence-corrected chi connectivity index (χ0v) is 19.6. The Morgan fingerprint density at radius 2 is 1.32 bits per heavy atom. The zero-order chi connectivity index (χ0) is 20.6. The number of rotatable bonds is 16. The molecule has 1 rings (SSSR count). The van der Waals surface area contributed by atoms with Gasteiger partial charge in [-0.1, -0.05) is 111 Å². The predicted octanol–water partition coefficient (Wildman–Crippen LogP) is 8.47. The van der Waals surface area contributed by atoms with E-state index in [0.29, 0.717) is 24.2 Å². The monoisotopic (exact) mass is 394 g/mol. The van der Waals surface area contributed by atoms with Gasteiger partial charge >= 0.3 is 5.97 Å². The minimum atomic E-state index is 0.0489. The van der Waals surface area contributed by atoms with Crippen LogP contribution in [-0.2, 0) is 9.53 Å². The van der Waals surface area contributed by atoms with Crippen LogP contribution in [0.2, 0.25) is 0 Å². The molecule has 2 nitrogen and oxygen atoms in total. The fraction of sp³-hybridized carbons (Fsp3) is 0.962. The Hall–Kier alpha value is -0.530. The number of unbranched alkanes of at least 4 members (excludes halogenated alkanes) is 12. The first-order valence-corrected chi connectivity index (χ1v) is 12.7. The van der Waals surface area contributed by atoms with Crippen LogP contribution in [0.3, 0.4) is 0 Å². The summed E-state index contributed by atoms with van der Waals surface area (Å²) in [5.41, 5.74) is 0. The van der Waals surface area contributed by atoms with Gasteiger partial charge in [0.05, 0.1) is 0 Å². The Morgan fingerprint density at radius 3 is 1.82 bits per heavy atom. The van der Waals surface area contributed by atoms with E-state index in [9.17, 15) is 4.79 Å². The van der Waals surface area contributed by atoms with Gasteiger partial charge in [-0.2, -0.15) is 0 Å². The number of esters is 1. The van der Waals surface area contributed by atoms with E-state index >= 15 is 0 Å². The fourth-order valence-electron chi connectivity index (χ4n) is 4.77. The number of hydrogen-bond acceptors (Lipinski definition) is 2. The minimum absolute atomic E-state index is 0.0489. The second kappa shape index (κ2) is 16.3. The molecule has 0 N–H and O–H groups in total. The molecule has 1 aliphatic rings. The molecule has 3 atom stereocenters. The topological polar surface area (TPSA) is 26.3 Å². The summed E-state index contributed by atoms with van der Waals surface area (Å²) < 4.78 is 5.90. The SMILES string of the molecule is CCCCCCCCCCCCCCCC(=O)O[C@H]1C[C@@H](C)CC[C@@H]1C(C)C. The van der Waals surface area contributed by atoms with Crippen LogP contribution >= 0.6 is 0 Å². The summed E-state index contributed by atoms with van der Waals surface area (Å²) in [6, 6.07) is 0. The average molecular weight is 395 g/mol. The molecule has 0 unspecified atom stereocenters. The molecule has 0 bridgehead atoms. The number of ether oxygens (including phenoxy) is 1. The van der Waals surface area contributed by atoms with Crippen molar-refractivity contribution in [2.75, 3.05) is 0 Å². The molecule has 0 amide bonds. The third-order valence-corrected chi connectivity index (χ3v) is 6.73. The third kappa shape index (κ3) is 12.1. The quantitative estimate of drug-likeness (QED) is 0.194. The molecule has 0 aliphatic heterocycles. The Morgan fingerprint density at radius 1 is 0.821 bits per heavy atom. The number of carbonyl (C=O) groups excluding carboxylic acids is 1. The van der Waals surface area contributed by atoms with E-state index in [1.54, 1.807) is 0 Å². The summed E-state index contributed by atoms with van der Waals surface area (Å²) in [6.07, 6.45) is 21.8. The van der Waals surface area contributed by atoms with Crippen molar-refractivity contribution in [2.45, 2.75) is 143 Å². The standard InChI is InChI=1S/C26H50O2/c1-5-6-7-8-9-10-11-12-13-14-15-16-17-18-26(27)28-25-21-23(4)19-20-24(25)22(2)3/h22-25H,5-21H2,1-4H3/t23-,24+,25-/m0/s1. The fourth-order valence-corrected chi connectivity index (χ4v) is 4.77. The molecule has 28 heavy (non-hydrogen) atoms. The van der Waals surface area contributed by atoms with Crippen LogP contribution < -0.4 is 0 Å². The van der Waals surface area contributed by atoms with Gasteiger partial charge in [0.25, 0.3) is 0 Å². The molecule has 1 aliphatic carbocycles. The summed E-state index contributed by atoms with van der Waals surface area (Å²) in [4.78, 5) is 12.3. The van der Waals surface area contributed by atoms with Crippen molar-refractivity contribution in [3.8, 4) is 0 Å². The van der Waals surface area contributed by atoms with Crippen LogP contribution in [0, 0.1) is 17.8 Å². The van der Waals surface area contributed by atoms with E-state index in [-0.39, 0.29) is 12.1 Å². The van der Waals surface area contributed by atoms with Gasteiger partial charge in [0.1, 0.15) is 6.10 Å². The van der Waals surface area contributed by atoms with Gasteiger partial charge in [-0.05, 0) is 37.0 Å². The van der Waals surface area contributed by atoms with Crippen molar-refractivity contribution < 1.29 is 9.53 Å². The molecular formula is C26H50O2. The largest absolute Gasteiger partial charge is 0.462 e. The highest BCUT2D eigenvalue weighted by Crippen LogP contribution is 2.35. The lowest BCUT2D eigenvalue weighted by molar-refractivity contribution is -0.156. The zero-order valence-electron chi connectivity index (χ0n) is 19.6. The van der Waals surface area contributed by atoms with Crippen LogP contribution in [0.5, 0.6) is 0 Å². The summed E-state index contributed by atoms with van der Waals surface area (Å²) in [6.45, 7) is 9.12. The highest BCUT2D eigenvalue weighted by Gasteiger charge is 2.33. The smallest absolute Gasteiger partial charge is 0.306 e. The summed E-state index contributed by atoms with van der Waals surface area (Å²) in [5, 5.41) is 0. The van der Waals surface area contributed by atoms with Crippen molar-refractivity contribution in [3.63, 3.8) is 0 Å². The predicted molar refractivity (Wildman–Crippen MR) is 122 cm³/mol. The number of carbonyl (C=O) groups is 1. The Bertz CT molecular complexity index is 377. The molecule has 1 fully saturated rings. The molecule has 0 aromatic carbocycles. The first-order chi connectivity index (χ1) is 13.5. The third-order valence-electron chi connectivity index (χ3n) is 6.73. The first-order valence-electron chi connectivity index (χ1n) is 12.7. The summed E-state index contributed by atoms with van der Waals surface area (Å²) in [7, 11) is 0. The maximum Gasteiger partial charge on any atom is 0.306 e. The van der Waals surface area contributed by atoms with Crippen molar-refractivity contribution in [3.05, 3.63) is 0 Å². The van der Waals surface area contributed by atoms with Crippen molar-refractivity contribution in [2.24, 2.45) is 17.8 Å². The van der Waals surface area contributed by atoms with E-state index < -0.39 is 0 Å². The van der Waals surface area contributed by atoms with Crippen molar-refractivity contribution in [1.29, 1.82) is 0 Å². The van der Waals surface area contributed by atoms with Crippen molar-refractivity contribution in [1.82, 2.24) is 0 Å². The van der Waals surface area contributed by atoms with E-state index in [1.807, 2.05) is 0 Å². The lowest BCUT2D eigenvalue weighted by Crippen LogP contribution is -2.35. The van der Waals surface area contributed by atoms with E-state index in [4.69, 9.17) is 4.74 Å². The molecule has 166 valence electrons. The molecule has 2 heteroatoms. The summed E-state index contributed by atoms with van der Waals surface area (Å²) in [5.74, 6) is 1.92. The van der Waals surface area contributed by atoms with Crippen LogP contribution in [0.4, 0.5) is 0 Å². The lowest BCUT2D eigenvalue weighted by Gasteiger charge is -2.36. The van der Waals surface area contributed by atoms with Crippen LogP contribution in [0.15, 0.2) is 0 Å². The van der Waals surface area contributed by atoms with Gasteiger partial charge in [0, 0.05) is 6.42 Å². The van der Waals surface area contributed by atoms with Gasteiger partial charge in [0.2, 0.25) is 0 Å². The van der Waals surface area contributed by atoms with Crippen LogP contribution in [0.25, 0.3) is 0 Å². The second-order valence-corrected chi connectivity index (χ2v) is 9.85. The molecule has 1 saturated carbocycles. The van der Waals surface area contributed by atoms with Gasteiger partial charge in [0.15, 0.2) is 0 Å². The molecule has 0 saturated heterocycles. The highest BCUT2D eigenvalue weighted by atomic mass is 16.5. The van der Waals surface area contributed by atoms with Crippen LogP contribution in [0.1, 0.15) is 137 Å². The molecule has 0 aromatic rings. The molecule has 0 aromatic heterocycles. The van der Waals surface area contributed by atoms with Crippen molar-refractivity contribution >= 4 is 5.97 Å². The maximum atomic E-state index is 12.3. The molecule has 0 heterocycles. The maximum absolute atomic E-state index is 12.3. The van der Waals surface area contributed by atoms with Crippen LogP contribution in [-0.4, -0.2) is 12.1 Å². The number of hydrogen-bond donors (Lipinski definition) is 0. The normalized spacial score (nSPS) is 22.5. The lowest BCUT2D eigenvalue weighted by atomic mass is 9.75. The van der Waals surface area contributed by atoms with Gasteiger partial charge in [-0.25, -0.2) is 0 Å². The minimum Gasteiger partial charge on any atom is -0.462 e. The average Bonchev–Trinajstić information content (AvgIpc) is 2.65. The van der Waals surface area contributed by atoms with E-state index in [1.165, 1.54) is 89.9 Å². The first kappa shape index (κ1) is 25.5. The van der Waals surface area contributed by atoms with Gasteiger partial charge < -0.3 is 4.74 Å². The molecular weight excluding hydrogens is 344 g/mol. The highest BCUT2D eigenvalue weighted by molar-refractivity contribution is 5.69. The summed E-state index contributed by atoms with van der Waals surface area (Å²) >= 11 is 0. The second-order valence-electron chi connectivity index (χ2n) is 9.85. The molecule has 0 spiro atoms. The Balaban J connectivity index is 1.96.